The summed E-state index contributed by atoms with van der Waals surface area (Å²) in [6.45, 7) is 4.46. The van der Waals surface area contributed by atoms with Crippen LogP contribution in [0.4, 0.5) is 30.2 Å². The Balaban J connectivity index is 1.49. The van der Waals surface area contributed by atoms with Crippen LogP contribution in [0.25, 0.3) is 0 Å². The summed E-state index contributed by atoms with van der Waals surface area (Å²) in [6, 6.07) is 6.35. The Morgan fingerprint density at radius 3 is 3.03 bits per heavy atom. The number of rotatable bonds is 4. The fraction of sp³-hybridized carbons (Fsp3) is 0.500. The molecule has 0 radical (unpaired) electrons. The molecule has 5 rings (SSSR count). The average Bonchev–Trinajstić information content (AvgIpc) is 2.88. The lowest BCUT2D eigenvalue weighted by Gasteiger charge is -2.33. The largest absolute Gasteiger partial charge is 0.467 e. The molecule has 2 atom stereocenters. The Kier molecular flexibility index (Phi) is 5.18. The number of hydrogen-bond donors (Lipinski definition) is 2. The molecular weight excluding hydrogens is 409 g/mol. The van der Waals surface area contributed by atoms with E-state index in [0.717, 1.165) is 42.9 Å². The van der Waals surface area contributed by atoms with E-state index < -0.39 is 12.8 Å². The van der Waals surface area contributed by atoms with Crippen molar-refractivity contribution in [2.24, 2.45) is 0 Å². The van der Waals surface area contributed by atoms with Gasteiger partial charge in [0.05, 0.1) is 13.2 Å². The van der Waals surface area contributed by atoms with Crippen LogP contribution < -0.4 is 20.3 Å². The SMILES string of the molecule is Cc1cnc(OCC(F)(F)F)c(Nc2cc3c4c(c2)[C@@H]2CNCC[C@@H]2N4CCOC3)c1. The number of aromatic nitrogens is 1. The fourth-order valence-electron chi connectivity index (χ4n) is 4.92. The van der Waals surface area contributed by atoms with E-state index in [1.807, 2.05) is 13.0 Å². The molecule has 0 saturated carbocycles. The van der Waals surface area contributed by atoms with Crippen molar-refractivity contribution < 1.29 is 22.6 Å². The highest BCUT2D eigenvalue weighted by Crippen LogP contribution is 2.47. The third-order valence-corrected chi connectivity index (χ3v) is 6.12. The predicted octanol–water partition coefficient (Wildman–Crippen LogP) is 3.87. The summed E-state index contributed by atoms with van der Waals surface area (Å²) < 4.78 is 48.8. The van der Waals surface area contributed by atoms with Gasteiger partial charge in [-0.2, -0.15) is 13.2 Å². The molecule has 1 aromatic carbocycles. The minimum absolute atomic E-state index is 0.0654. The fourth-order valence-corrected chi connectivity index (χ4v) is 4.92. The molecule has 3 aliphatic heterocycles. The maximum Gasteiger partial charge on any atom is 0.422 e. The van der Waals surface area contributed by atoms with Crippen molar-refractivity contribution in [1.29, 1.82) is 0 Å². The van der Waals surface area contributed by atoms with E-state index >= 15 is 0 Å². The van der Waals surface area contributed by atoms with Gasteiger partial charge < -0.3 is 25.0 Å². The molecule has 0 amide bonds. The first-order valence-corrected chi connectivity index (χ1v) is 10.5. The van der Waals surface area contributed by atoms with Crippen molar-refractivity contribution in [2.75, 3.05) is 43.1 Å². The number of hydrogen-bond acceptors (Lipinski definition) is 6. The highest BCUT2D eigenvalue weighted by molar-refractivity contribution is 5.75. The lowest BCUT2D eigenvalue weighted by atomic mass is 9.89. The first kappa shape index (κ1) is 20.4. The number of piperidine rings is 1. The number of fused-ring (bicyclic) bond motifs is 3. The van der Waals surface area contributed by atoms with E-state index in [2.05, 4.69) is 26.6 Å². The standard InChI is InChI=1S/C22H25F3N4O2/c1-13-6-18(21(27-9-13)31-12-22(23,24)25)28-15-7-14-11-30-5-4-29-19-2-3-26-10-17(19)16(8-15)20(14)29/h6-9,17,19,26,28H,2-5,10-12H2,1H3/t17-,19-/m0/s1. The molecule has 0 spiro atoms. The zero-order valence-electron chi connectivity index (χ0n) is 17.3. The molecule has 4 heterocycles. The van der Waals surface area contributed by atoms with Crippen LogP contribution in [0.5, 0.6) is 5.88 Å². The van der Waals surface area contributed by atoms with Gasteiger partial charge in [0.2, 0.25) is 5.88 Å². The van der Waals surface area contributed by atoms with Crippen molar-refractivity contribution in [3.8, 4) is 5.88 Å². The van der Waals surface area contributed by atoms with E-state index in [1.54, 1.807) is 6.07 Å². The van der Waals surface area contributed by atoms with Gasteiger partial charge in [0.25, 0.3) is 0 Å². The first-order valence-electron chi connectivity index (χ1n) is 10.5. The Hall–Kier alpha value is -2.52. The molecule has 3 aliphatic rings. The Morgan fingerprint density at radius 1 is 1.32 bits per heavy atom. The lowest BCUT2D eigenvalue weighted by molar-refractivity contribution is -0.153. The van der Waals surface area contributed by atoms with Crippen molar-refractivity contribution in [3.63, 3.8) is 0 Å². The molecule has 2 aromatic rings. The number of aryl methyl sites for hydroxylation is 1. The molecule has 0 bridgehead atoms. The molecule has 9 heteroatoms. The van der Waals surface area contributed by atoms with Crippen LogP contribution in [0.3, 0.4) is 0 Å². The van der Waals surface area contributed by atoms with Gasteiger partial charge in [0, 0.05) is 48.2 Å². The smallest absolute Gasteiger partial charge is 0.422 e. The van der Waals surface area contributed by atoms with E-state index in [-0.39, 0.29) is 5.88 Å². The topological polar surface area (TPSA) is 58.7 Å². The summed E-state index contributed by atoms with van der Waals surface area (Å²) >= 11 is 0. The molecule has 0 unspecified atom stereocenters. The van der Waals surface area contributed by atoms with E-state index in [1.165, 1.54) is 17.4 Å². The molecule has 6 nitrogen and oxygen atoms in total. The molecule has 166 valence electrons. The van der Waals surface area contributed by atoms with Crippen molar-refractivity contribution >= 4 is 17.1 Å². The molecular formula is C22H25F3N4O2. The van der Waals surface area contributed by atoms with Crippen LogP contribution in [0.15, 0.2) is 24.4 Å². The Morgan fingerprint density at radius 2 is 2.19 bits per heavy atom. The summed E-state index contributed by atoms with van der Waals surface area (Å²) in [4.78, 5) is 6.55. The molecule has 31 heavy (non-hydrogen) atoms. The van der Waals surface area contributed by atoms with Gasteiger partial charge >= 0.3 is 6.18 Å². The average molecular weight is 434 g/mol. The minimum Gasteiger partial charge on any atom is -0.467 e. The van der Waals surface area contributed by atoms with Crippen molar-refractivity contribution in [1.82, 2.24) is 10.3 Å². The number of halogens is 3. The second kappa shape index (κ2) is 7.87. The van der Waals surface area contributed by atoms with Crippen LogP contribution >= 0.6 is 0 Å². The summed E-state index contributed by atoms with van der Waals surface area (Å²) in [5.41, 5.74) is 5.67. The maximum absolute atomic E-state index is 12.7. The van der Waals surface area contributed by atoms with Crippen LogP contribution in [0, 0.1) is 6.92 Å². The van der Waals surface area contributed by atoms with Crippen molar-refractivity contribution in [2.45, 2.75) is 38.1 Å². The zero-order valence-corrected chi connectivity index (χ0v) is 17.3. The normalized spacial score (nSPS) is 22.5. The lowest BCUT2D eigenvalue weighted by Crippen LogP contribution is -2.44. The third kappa shape index (κ3) is 4.04. The molecule has 2 N–H and O–H groups in total. The summed E-state index contributed by atoms with van der Waals surface area (Å²) in [7, 11) is 0. The highest BCUT2D eigenvalue weighted by Gasteiger charge is 2.42. The molecule has 1 saturated heterocycles. The maximum atomic E-state index is 12.7. The monoisotopic (exact) mass is 434 g/mol. The highest BCUT2D eigenvalue weighted by atomic mass is 19.4. The number of alkyl halides is 3. The van der Waals surface area contributed by atoms with Gasteiger partial charge in [-0.3, -0.25) is 0 Å². The van der Waals surface area contributed by atoms with Crippen LogP contribution in [-0.2, 0) is 11.3 Å². The third-order valence-electron chi connectivity index (χ3n) is 6.12. The first-order chi connectivity index (χ1) is 14.9. The van der Waals surface area contributed by atoms with Crippen LogP contribution in [0.2, 0.25) is 0 Å². The van der Waals surface area contributed by atoms with Gasteiger partial charge in [-0.15, -0.1) is 0 Å². The zero-order chi connectivity index (χ0) is 21.6. The van der Waals surface area contributed by atoms with E-state index in [4.69, 9.17) is 9.47 Å². The summed E-state index contributed by atoms with van der Waals surface area (Å²) in [5, 5.41) is 6.76. The molecule has 1 aromatic heterocycles. The number of benzene rings is 1. The van der Waals surface area contributed by atoms with Crippen LogP contribution in [0.1, 0.15) is 29.0 Å². The number of anilines is 3. The minimum atomic E-state index is -4.43. The number of ether oxygens (including phenoxy) is 2. The number of pyridine rings is 1. The second-order valence-electron chi connectivity index (χ2n) is 8.38. The van der Waals surface area contributed by atoms with Crippen molar-refractivity contribution in [3.05, 3.63) is 41.1 Å². The predicted molar refractivity (Wildman–Crippen MR) is 111 cm³/mol. The van der Waals surface area contributed by atoms with Gasteiger partial charge in [-0.25, -0.2) is 4.98 Å². The Bertz CT molecular complexity index is 982. The summed E-state index contributed by atoms with van der Waals surface area (Å²) in [6.07, 6.45) is -1.85. The Labute approximate surface area is 178 Å². The van der Waals surface area contributed by atoms with Gasteiger partial charge in [-0.1, -0.05) is 0 Å². The second-order valence-corrected chi connectivity index (χ2v) is 8.38. The molecule has 1 fully saturated rings. The van der Waals surface area contributed by atoms with E-state index in [0.29, 0.717) is 30.9 Å². The van der Waals surface area contributed by atoms with E-state index in [9.17, 15) is 13.2 Å². The van der Waals surface area contributed by atoms with Gasteiger partial charge in [-0.05, 0) is 49.2 Å². The quantitative estimate of drug-likeness (QED) is 0.762. The van der Waals surface area contributed by atoms with Crippen LogP contribution in [-0.4, -0.2) is 50.1 Å². The van der Waals surface area contributed by atoms with Gasteiger partial charge in [0.1, 0.15) is 5.69 Å². The number of nitrogens with zero attached hydrogens (tertiary/aromatic N) is 2. The molecule has 0 aliphatic carbocycles. The summed E-state index contributed by atoms with van der Waals surface area (Å²) in [5.74, 6) is 0.323. The number of nitrogens with one attached hydrogen (secondary N) is 2. The van der Waals surface area contributed by atoms with Gasteiger partial charge in [0.15, 0.2) is 6.61 Å².